The highest BCUT2D eigenvalue weighted by molar-refractivity contribution is 14.1. The molecule has 1 fully saturated rings. The fourth-order valence-electron chi connectivity index (χ4n) is 1.60. The quantitative estimate of drug-likeness (QED) is 0.113. The van der Waals surface area contributed by atoms with Crippen molar-refractivity contribution in [2.45, 2.75) is 0 Å². The van der Waals surface area contributed by atoms with E-state index in [1.165, 1.54) is 113 Å². The molecule has 0 atom stereocenters. The molecule has 0 spiro atoms. The number of rotatable bonds is 0. The van der Waals surface area contributed by atoms with Gasteiger partial charge in [-0.25, -0.2) is 35.1 Å². The van der Waals surface area contributed by atoms with Crippen LogP contribution in [0.4, 0.5) is 35.1 Å². The van der Waals surface area contributed by atoms with Crippen LogP contribution >= 0.6 is 114 Å². The maximum Gasteiger partial charge on any atom is 0.176 e. The maximum absolute atomic E-state index is 12.6. The fourth-order valence-corrected chi connectivity index (χ4v) is 5.78. The molecule has 14 heteroatoms. The Labute approximate surface area is 230 Å². The Balaban J connectivity index is 0.000000237. The SMILES string of the molecule is C1CSCCS1.Fc1c(F)c(I)c(F)c(F)c1I.Fc1c(F)c(I)c(F)c(F)c1I. The van der Waals surface area contributed by atoms with Gasteiger partial charge in [-0.1, -0.05) is 0 Å². The predicted molar refractivity (Wildman–Crippen MR) is 138 cm³/mol. The minimum Gasteiger partial charge on any atom is -0.202 e. The molecule has 1 heterocycles. The van der Waals surface area contributed by atoms with Crippen LogP contribution in [0.3, 0.4) is 0 Å². The largest absolute Gasteiger partial charge is 0.202 e. The maximum atomic E-state index is 12.6. The molecule has 0 aliphatic carbocycles. The van der Waals surface area contributed by atoms with Gasteiger partial charge in [-0.2, -0.15) is 23.5 Å². The first-order valence-electron chi connectivity index (χ1n) is 7.42. The first-order valence-corrected chi connectivity index (χ1v) is 14.0. The summed E-state index contributed by atoms with van der Waals surface area (Å²) in [5.74, 6) is -5.27. The Morgan fingerprint density at radius 1 is 0.367 bits per heavy atom. The summed E-state index contributed by atoms with van der Waals surface area (Å²) in [6.07, 6.45) is 0. The number of halogens is 12. The lowest BCUT2D eigenvalue weighted by Crippen LogP contribution is -2.02. The molecule has 2 aromatic carbocycles. The van der Waals surface area contributed by atoms with Gasteiger partial charge in [-0.15, -0.1) is 0 Å². The normalized spacial score (nSPS) is 13.2. The van der Waals surface area contributed by atoms with Crippen LogP contribution in [-0.2, 0) is 0 Å². The molecule has 0 nitrogen and oxygen atoms in total. The van der Waals surface area contributed by atoms with E-state index in [-0.39, 0.29) is 0 Å². The molecule has 1 aliphatic heterocycles. The van der Waals surface area contributed by atoms with Crippen molar-refractivity contribution in [1.82, 2.24) is 0 Å². The summed E-state index contributed by atoms with van der Waals surface area (Å²) in [7, 11) is 0. The van der Waals surface area contributed by atoms with E-state index in [0.29, 0.717) is 0 Å². The Bertz CT molecular complexity index is 621. The first kappa shape index (κ1) is 29.5. The molecule has 3 rings (SSSR count). The van der Waals surface area contributed by atoms with Gasteiger partial charge >= 0.3 is 0 Å². The van der Waals surface area contributed by atoms with E-state index in [2.05, 4.69) is 23.5 Å². The van der Waals surface area contributed by atoms with Crippen molar-refractivity contribution in [3.8, 4) is 0 Å². The summed E-state index contributed by atoms with van der Waals surface area (Å²) in [5, 5.41) is 0. The summed E-state index contributed by atoms with van der Waals surface area (Å²) >= 11 is 8.96. The summed E-state index contributed by atoms with van der Waals surface area (Å²) in [5.41, 5.74) is 0. The monoisotopic (exact) mass is 924 g/mol. The van der Waals surface area contributed by atoms with Crippen molar-refractivity contribution in [2.24, 2.45) is 0 Å². The van der Waals surface area contributed by atoms with Crippen LogP contribution in [0.25, 0.3) is 0 Å². The summed E-state index contributed by atoms with van der Waals surface area (Å²) in [6, 6.07) is 0. The van der Waals surface area contributed by atoms with E-state index in [1.54, 1.807) is 0 Å². The van der Waals surface area contributed by atoms with E-state index in [9.17, 15) is 35.1 Å². The van der Waals surface area contributed by atoms with Crippen LogP contribution in [0.5, 0.6) is 0 Å². The van der Waals surface area contributed by atoms with Crippen molar-refractivity contribution < 1.29 is 35.1 Å². The highest BCUT2D eigenvalue weighted by atomic mass is 127. The molecule has 2 aromatic rings. The molecular formula is C16H8F8I4S2. The molecule has 30 heavy (non-hydrogen) atoms. The molecule has 0 bridgehead atoms. The Kier molecular flexibility index (Phi) is 13.8. The van der Waals surface area contributed by atoms with Crippen LogP contribution in [0.1, 0.15) is 0 Å². The van der Waals surface area contributed by atoms with Crippen molar-refractivity contribution in [2.75, 3.05) is 23.0 Å². The standard InChI is InChI=1S/2C6F4I2.C4H8S2/c2*7-1-2(8)6(12)4(10)3(9)5(1)11;1-2-6-4-3-5-1/h;;1-4H2. The molecule has 0 saturated carbocycles. The van der Waals surface area contributed by atoms with Crippen molar-refractivity contribution in [3.63, 3.8) is 0 Å². The van der Waals surface area contributed by atoms with Gasteiger partial charge < -0.3 is 0 Å². The highest BCUT2D eigenvalue weighted by Gasteiger charge is 2.22. The predicted octanol–water partition coefficient (Wildman–Crippen LogP) is 8.37. The van der Waals surface area contributed by atoms with Crippen molar-refractivity contribution in [1.29, 1.82) is 0 Å². The lowest BCUT2D eigenvalue weighted by atomic mass is 10.3. The van der Waals surface area contributed by atoms with Gasteiger partial charge in [-0.05, 0) is 90.4 Å². The molecule has 1 saturated heterocycles. The lowest BCUT2D eigenvalue weighted by Gasteiger charge is -2.05. The van der Waals surface area contributed by atoms with E-state index in [4.69, 9.17) is 0 Å². The average Bonchev–Trinajstić information content (AvgIpc) is 2.78. The number of hydrogen-bond acceptors (Lipinski definition) is 2. The highest BCUT2D eigenvalue weighted by Crippen LogP contribution is 2.27. The van der Waals surface area contributed by atoms with E-state index < -0.39 is 60.8 Å². The molecule has 0 radical (unpaired) electrons. The number of thioether (sulfide) groups is 2. The second-order valence-corrected chi connectivity index (χ2v) is 11.8. The van der Waals surface area contributed by atoms with Gasteiger partial charge in [-0.3, -0.25) is 0 Å². The summed E-state index contributed by atoms with van der Waals surface area (Å²) in [4.78, 5) is 0. The van der Waals surface area contributed by atoms with Crippen LogP contribution in [-0.4, -0.2) is 23.0 Å². The van der Waals surface area contributed by atoms with Crippen LogP contribution in [0.15, 0.2) is 0 Å². The third-order valence-electron chi connectivity index (χ3n) is 3.06. The fraction of sp³-hybridized carbons (Fsp3) is 0.250. The van der Waals surface area contributed by atoms with Gasteiger partial charge in [0.25, 0.3) is 0 Å². The second kappa shape index (κ2) is 14.0. The zero-order valence-electron chi connectivity index (χ0n) is 14.2. The third-order valence-corrected chi connectivity index (χ3v) is 9.33. The van der Waals surface area contributed by atoms with Gasteiger partial charge in [0.2, 0.25) is 0 Å². The molecule has 0 N–H and O–H groups in total. The van der Waals surface area contributed by atoms with Crippen LogP contribution in [0.2, 0.25) is 0 Å². The van der Waals surface area contributed by atoms with E-state index in [0.717, 1.165) is 0 Å². The average molecular weight is 924 g/mol. The third kappa shape index (κ3) is 7.78. The van der Waals surface area contributed by atoms with Crippen molar-refractivity contribution >= 4 is 114 Å². The van der Waals surface area contributed by atoms with Gasteiger partial charge in [0.1, 0.15) is 0 Å². The Hall–Kier alpha value is 1.50. The van der Waals surface area contributed by atoms with Gasteiger partial charge in [0.05, 0.1) is 14.3 Å². The zero-order chi connectivity index (χ0) is 23.2. The van der Waals surface area contributed by atoms with Gasteiger partial charge in [0, 0.05) is 23.0 Å². The number of benzene rings is 2. The van der Waals surface area contributed by atoms with Gasteiger partial charge in [0.15, 0.2) is 46.5 Å². The van der Waals surface area contributed by atoms with E-state index >= 15 is 0 Å². The molecular weight excluding hydrogens is 916 g/mol. The van der Waals surface area contributed by atoms with Crippen LogP contribution in [0, 0.1) is 60.8 Å². The Morgan fingerprint density at radius 3 is 0.600 bits per heavy atom. The molecule has 0 unspecified atom stereocenters. The molecule has 0 amide bonds. The Morgan fingerprint density at radius 2 is 0.500 bits per heavy atom. The minimum absolute atomic E-state index is 0.664. The molecule has 1 aliphatic rings. The second-order valence-electron chi connectivity index (χ2n) is 4.99. The lowest BCUT2D eigenvalue weighted by molar-refractivity contribution is 0.437. The van der Waals surface area contributed by atoms with Crippen molar-refractivity contribution in [3.05, 3.63) is 60.8 Å². The summed E-state index contributed by atoms with van der Waals surface area (Å²) in [6.45, 7) is 0. The minimum atomic E-state index is -1.35. The van der Waals surface area contributed by atoms with Crippen LogP contribution < -0.4 is 0 Å². The molecule has 168 valence electrons. The van der Waals surface area contributed by atoms with E-state index in [1.807, 2.05) is 0 Å². The summed E-state index contributed by atoms with van der Waals surface area (Å²) < 4.78 is 98.5. The first-order chi connectivity index (χ1) is 13.9. The number of hydrogen-bond donors (Lipinski definition) is 0. The molecule has 0 aromatic heterocycles. The zero-order valence-corrected chi connectivity index (χ0v) is 24.4. The smallest absolute Gasteiger partial charge is 0.176 e. The topological polar surface area (TPSA) is 0 Å².